The molecule has 0 fully saturated rings. The van der Waals surface area contributed by atoms with Gasteiger partial charge in [0, 0.05) is 6.20 Å². The van der Waals surface area contributed by atoms with Gasteiger partial charge in [-0.3, -0.25) is 9.89 Å². The van der Waals surface area contributed by atoms with Crippen LogP contribution >= 0.6 is 0 Å². The molecule has 0 aromatic carbocycles. The van der Waals surface area contributed by atoms with Gasteiger partial charge in [-0.1, -0.05) is 13.8 Å². The fourth-order valence-corrected chi connectivity index (χ4v) is 1.46. The Morgan fingerprint density at radius 2 is 2.00 bits per heavy atom. The highest BCUT2D eigenvalue weighted by molar-refractivity contribution is 5.95. The van der Waals surface area contributed by atoms with Gasteiger partial charge in [0.25, 0.3) is 5.91 Å². The van der Waals surface area contributed by atoms with Gasteiger partial charge >= 0.3 is 5.97 Å². The zero-order chi connectivity index (χ0) is 14.6. The molecule has 1 heterocycles. The summed E-state index contributed by atoms with van der Waals surface area (Å²) in [5, 5.41) is 8.91. The second-order valence-corrected chi connectivity index (χ2v) is 5.70. The van der Waals surface area contributed by atoms with Crippen LogP contribution in [-0.4, -0.2) is 33.7 Å². The lowest BCUT2D eigenvalue weighted by Gasteiger charge is -2.26. The highest BCUT2D eigenvalue weighted by Gasteiger charge is 2.29. The van der Waals surface area contributed by atoms with Crippen molar-refractivity contribution in [3.05, 3.63) is 18.0 Å². The van der Waals surface area contributed by atoms with Crippen molar-refractivity contribution in [2.45, 2.75) is 46.3 Å². The number of amides is 1. The van der Waals surface area contributed by atoms with Crippen molar-refractivity contribution in [2.24, 2.45) is 5.92 Å². The molecule has 2 N–H and O–H groups in total. The van der Waals surface area contributed by atoms with Crippen LogP contribution in [0.3, 0.4) is 0 Å². The van der Waals surface area contributed by atoms with E-state index < -0.39 is 17.6 Å². The molecule has 0 aliphatic carbocycles. The Kier molecular flexibility index (Phi) is 4.69. The molecule has 0 spiro atoms. The van der Waals surface area contributed by atoms with Crippen molar-refractivity contribution < 1.29 is 14.3 Å². The third-order valence-corrected chi connectivity index (χ3v) is 2.36. The van der Waals surface area contributed by atoms with Gasteiger partial charge in [-0.25, -0.2) is 4.79 Å². The van der Waals surface area contributed by atoms with Crippen LogP contribution in [0.15, 0.2) is 12.3 Å². The highest BCUT2D eigenvalue weighted by atomic mass is 16.6. The van der Waals surface area contributed by atoms with E-state index in [2.05, 4.69) is 15.5 Å². The predicted molar refractivity (Wildman–Crippen MR) is 70.5 cm³/mol. The molecule has 106 valence electrons. The van der Waals surface area contributed by atoms with Crippen molar-refractivity contribution in [1.82, 2.24) is 15.5 Å². The first-order valence-corrected chi connectivity index (χ1v) is 6.24. The summed E-state index contributed by atoms with van der Waals surface area (Å²) < 4.78 is 5.30. The molecular formula is C13H21N3O3. The van der Waals surface area contributed by atoms with E-state index in [9.17, 15) is 9.59 Å². The number of esters is 1. The van der Waals surface area contributed by atoms with Gasteiger partial charge in [-0.15, -0.1) is 0 Å². The normalized spacial score (nSPS) is 13.2. The van der Waals surface area contributed by atoms with Crippen LogP contribution in [0.2, 0.25) is 0 Å². The Hall–Kier alpha value is -1.85. The van der Waals surface area contributed by atoms with Crippen LogP contribution in [-0.2, 0) is 9.53 Å². The SMILES string of the molecule is CC(C)[C@H](NC(=O)c1ccn[nH]1)C(=O)OC(C)(C)C. The van der Waals surface area contributed by atoms with Gasteiger partial charge in [0.2, 0.25) is 0 Å². The second kappa shape index (κ2) is 5.86. The van der Waals surface area contributed by atoms with Gasteiger partial charge < -0.3 is 10.1 Å². The number of aromatic nitrogens is 2. The predicted octanol–water partition coefficient (Wildman–Crippen LogP) is 1.51. The summed E-state index contributed by atoms with van der Waals surface area (Å²) in [4.78, 5) is 23.9. The van der Waals surface area contributed by atoms with Crippen LogP contribution < -0.4 is 5.32 Å². The van der Waals surface area contributed by atoms with Gasteiger partial charge in [-0.2, -0.15) is 5.10 Å². The molecule has 0 aliphatic rings. The topological polar surface area (TPSA) is 84.1 Å². The number of carbonyl (C=O) groups excluding carboxylic acids is 2. The molecular weight excluding hydrogens is 246 g/mol. The van der Waals surface area contributed by atoms with Gasteiger partial charge in [0.05, 0.1) is 0 Å². The maximum absolute atomic E-state index is 12.0. The lowest BCUT2D eigenvalue weighted by Crippen LogP contribution is -2.47. The lowest BCUT2D eigenvalue weighted by molar-refractivity contribution is -0.158. The van der Waals surface area contributed by atoms with Crippen molar-refractivity contribution in [1.29, 1.82) is 0 Å². The van der Waals surface area contributed by atoms with E-state index in [-0.39, 0.29) is 11.8 Å². The quantitative estimate of drug-likeness (QED) is 0.810. The minimum Gasteiger partial charge on any atom is -0.458 e. The summed E-state index contributed by atoms with van der Waals surface area (Å²) in [5.74, 6) is -0.876. The Labute approximate surface area is 112 Å². The maximum atomic E-state index is 12.0. The highest BCUT2D eigenvalue weighted by Crippen LogP contribution is 2.12. The summed E-state index contributed by atoms with van der Waals surface area (Å²) in [6.07, 6.45) is 1.48. The van der Waals surface area contributed by atoms with Gasteiger partial charge in [-0.05, 0) is 32.8 Å². The molecule has 1 aromatic rings. The van der Waals surface area contributed by atoms with E-state index >= 15 is 0 Å². The lowest BCUT2D eigenvalue weighted by atomic mass is 10.0. The second-order valence-electron chi connectivity index (χ2n) is 5.70. The average Bonchev–Trinajstić information content (AvgIpc) is 2.75. The van der Waals surface area contributed by atoms with E-state index in [0.29, 0.717) is 5.69 Å². The fourth-order valence-electron chi connectivity index (χ4n) is 1.46. The third-order valence-electron chi connectivity index (χ3n) is 2.36. The summed E-state index contributed by atoms with van der Waals surface area (Å²) >= 11 is 0. The standard InChI is InChI=1S/C13H21N3O3/c1-8(2)10(12(18)19-13(3,4)5)15-11(17)9-6-7-14-16-9/h6-8,10H,1-5H3,(H,14,16)(H,15,17)/t10-/m0/s1. The Bertz CT molecular complexity index is 432. The van der Waals surface area contributed by atoms with Gasteiger partial charge in [0.1, 0.15) is 17.3 Å². The molecule has 0 saturated heterocycles. The summed E-state index contributed by atoms with van der Waals surface area (Å²) in [6, 6.07) is 0.858. The van der Waals surface area contributed by atoms with Crippen LogP contribution in [0.25, 0.3) is 0 Å². The number of nitrogens with one attached hydrogen (secondary N) is 2. The van der Waals surface area contributed by atoms with Crippen LogP contribution in [0, 0.1) is 5.92 Å². The smallest absolute Gasteiger partial charge is 0.329 e. The van der Waals surface area contributed by atoms with Crippen molar-refractivity contribution >= 4 is 11.9 Å². The zero-order valence-electron chi connectivity index (χ0n) is 12.0. The summed E-state index contributed by atoms with van der Waals surface area (Å²) in [5.41, 5.74) is -0.266. The fraction of sp³-hybridized carbons (Fsp3) is 0.615. The Morgan fingerprint density at radius 3 is 2.42 bits per heavy atom. The zero-order valence-corrected chi connectivity index (χ0v) is 12.0. The molecule has 0 saturated carbocycles. The molecule has 0 unspecified atom stereocenters. The molecule has 1 amide bonds. The molecule has 0 bridgehead atoms. The first kappa shape index (κ1) is 15.2. The first-order chi connectivity index (χ1) is 8.70. The van der Waals surface area contributed by atoms with E-state index in [4.69, 9.17) is 4.74 Å². The first-order valence-electron chi connectivity index (χ1n) is 6.24. The van der Waals surface area contributed by atoms with E-state index in [1.807, 2.05) is 13.8 Å². The molecule has 0 aliphatic heterocycles. The number of ether oxygens (including phenoxy) is 1. The largest absolute Gasteiger partial charge is 0.458 e. The molecule has 0 radical (unpaired) electrons. The molecule has 19 heavy (non-hydrogen) atoms. The monoisotopic (exact) mass is 267 g/mol. The number of aromatic amines is 1. The molecule has 1 aromatic heterocycles. The molecule has 1 rings (SSSR count). The minimum atomic E-state index is -0.685. The van der Waals surface area contributed by atoms with E-state index in [1.54, 1.807) is 26.8 Å². The number of H-pyrrole nitrogens is 1. The number of hydrogen-bond acceptors (Lipinski definition) is 4. The summed E-state index contributed by atoms with van der Waals surface area (Å²) in [7, 11) is 0. The average molecular weight is 267 g/mol. The van der Waals surface area contributed by atoms with Gasteiger partial charge in [0.15, 0.2) is 0 Å². The van der Waals surface area contributed by atoms with Crippen LogP contribution in [0.1, 0.15) is 45.1 Å². The number of rotatable bonds is 4. The van der Waals surface area contributed by atoms with E-state index in [0.717, 1.165) is 0 Å². The number of nitrogens with zero attached hydrogens (tertiary/aromatic N) is 1. The summed E-state index contributed by atoms with van der Waals surface area (Å²) in [6.45, 7) is 9.07. The van der Waals surface area contributed by atoms with E-state index in [1.165, 1.54) is 6.20 Å². The number of hydrogen-bond donors (Lipinski definition) is 2. The van der Waals surface area contributed by atoms with Crippen molar-refractivity contribution in [3.63, 3.8) is 0 Å². The van der Waals surface area contributed by atoms with Crippen LogP contribution in [0.4, 0.5) is 0 Å². The minimum absolute atomic E-state index is 0.0679. The molecule has 6 nitrogen and oxygen atoms in total. The van der Waals surface area contributed by atoms with Crippen molar-refractivity contribution in [2.75, 3.05) is 0 Å². The van der Waals surface area contributed by atoms with Crippen LogP contribution in [0.5, 0.6) is 0 Å². The third kappa shape index (κ3) is 4.73. The Balaban J connectivity index is 2.73. The molecule has 1 atom stereocenters. The Morgan fingerprint density at radius 1 is 1.37 bits per heavy atom. The molecule has 6 heteroatoms. The number of carbonyl (C=O) groups is 2. The van der Waals surface area contributed by atoms with Crippen molar-refractivity contribution in [3.8, 4) is 0 Å². The maximum Gasteiger partial charge on any atom is 0.329 e.